The number of amides is 1. The van der Waals surface area contributed by atoms with Crippen LogP contribution in [0.5, 0.6) is 23.0 Å². The van der Waals surface area contributed by atoms with Crippen molar-refractivity contribution < 1.29 is 23.7 Å². The molecule has 2 heterocycles. The van der Waals surface area contributed by atoms with E-state index in [0.29, 0.717) is 26.1 Å². The molecule has 1 unspecified atom stereocenters. The van der Waals surface area contributed by atoms with E-state index in [0.717, 1.165) is 34.1 Å². The van der Waals surface area contributed by atoms with Crippen LogP contribution in [0.3, 0.4) is 0 Å². The predicted molar refractivity (Wildman–Crippen MR) is 104 cm³/mol. The number of carbonyl (C=O) groups excluding carboxylic acids is 1. The van der Waals surface area contributed by atoms with E-state index >= 15 is 0 Å². The minimum absolute atomic E-state index is 0.0197. The molecule has 2 aromatic rings. The third-order valence-electron chi connectivity index (χ3n) is 4.99. The number of carbonyl (C=O) groups is 1. The van der Waals surface area contributed by atoms with Crippen molar-refractivity contribution in [3.05, 3.63) is 47.5 Å². The lowest BCUT2D eigenvalue weighted by molar-refractivity contribution is -0.122. The summed E-state index contributed by atoms with van der Waals surface area (Å²) in [5.41, 5.74) is 2.08. The largest absolute Gasteiger partial charge is 0.486 e. The van der Waals surface area contributed by atoms with Gasteiger partial charge in [-0.15, -0.1) is 0 Å². The van der Waals surface area contributed by atoms with E-state index in [-0.39, 0.29) is 24.7 Å². The van der Waals surface area contributed by atoms with Crippen molar-refractivity contribution in [3.8, 4) is 23.0 Å². The molecule has 0 fully saturated rings. The van der Waals surface area contributed by atoms with E-state index in [2.05, 4.69) is 19.2 Å². The molecular weight excluding hydrogens is 358 g/mol. The fourth-order valence-corrected chi connectivity index (χ4v) is 3.49. The molecule has 0 saturated heterocycles. The number of hydrogen-bond donors (Lipinski definition) is 1. The SMILES string of the molecule is CC(C)C(NC(=O)CCc1ccc2c(c1)OCO2)c1ccc2c(c1)OCCO2. The van der Waals surface area contributed by atoms with Gasteiger partial charge in [-0.05, 0) is 47.7 Å². The maximum absolute atomic E-state index is 12.6. The molecule has 0 aromatic heterocycles. The normalized spacial score (nSPS) is 15.4. The Balaban J connectivity index is 1.39. The van der Waals surface area contributed by atoms with Crippen molar-refractivity contribution in [2.75, 3.05) is 20.0 Å². The van der Waals surface area contributed by atoms with Gasteiger partial charge in [-0.3, -0.25) is 4.79 Å². The number of rotatable bonds is 6. The van der Waals surface area contributed by atoms with Gasteiger partial charge in [0.05, 0.1) is 6.04 Å². The molecule has 2 aromatic carbocycles. The highest BCUT2D eigenvalue weighted by Gasteiger charge is 2.21. The summed E-state index contributed by atoms with van der Waals surface area (Å²) in [4.78, 5) is 12.6. The number of nitrogens with one attached hydrogen (secondary N) is 1. The highest BCUT2D eigenvalue weighted by Crippen LogP contribution is 2.35. The lowest BCUT2D eigenvalue weighted by Crippen LogP contribution is -2.32. The molecule has 148 valence electrons. The average Bonchev–Trinajstić information content (AvgIpc) is 3.18. The van der Waals surface area contributed by atoms with Gasteiger partial charge in [0, 0.05) is 6.42 Å². The number of fused-ring (bicyclic) bond motifs is 2. The van der Waals surface area contributed by atoms with E-state index in [9.17, 15) is 4.79 Å². The second-order valence-corrected chi connectivity index (χ2v) is 7.38. The lowest BCUT2D eigenvalue weighted by Gasteiger charge is -2.25. The molecule has 0 bridgehead atoms. The average molecular weight is 383 g/mol. The Bertz CT molecular complexity index is 864. The van der Waals surface area contributed by atoms with Crippen molar-refractivity contribution in [3.63, 3.8) is 0 Å². The summed E-state index contributed by atoms with van der Waals surface area (Å²) >= 11 is 0. The number of hydrogen-bond acceptors (Lipinski definition) is 5. The van der Waals surface area contributed by atoms with Crippen molar-refractivity contribution >= 4 is 5.91 Å². The third kappa shape index (κ3) is 4.01. The van der Waals surface area contributed by atoms with Crippen LogP contribution in [-0.2, 0) is 11.2 Å². The Kier molecular flexibility index (Phi) is 5.28. The third-order valence-corrected chi connectivity index (χ3v) is 4.99. The molecule has 1 N–H and O–H groups in total. The van der Waals surface area contributed by atoms with Crippen LogP contribution in [0.15, 0.2) is 36.4 Å². The Morgan fingerprint density at radius 1 is 0.929 bits per heavy atom. The maximum Gasteiger partial charge on any atom is 0.231 e. The first-order chi connectivity index (χ1) is 13.6. The summed E-state index contributed by atoms with van der Waals surface area (Å²) in [6.07, 6.45) is 1.06. The Hall–Kier alpha value is -2.89. The Morgan fingerprint density at radius 3 is 2.43 bits per heavy atom. The summed E-state index contributed by atoms with van der Waals surface area (Å²) in [6.45, 7) is 5.56. The molecule has 1 atom stereocenters. The van der Waals surface area contributed by atoms with E-state index in [1.807, 2.05) is 36.4 Å². The zero-order valence-electron chi connectivity index (χ0n) is 16.2. The standard InChI is InChI=1S/C22H25NO5/c1-14(2)22(16-5-7-17-20(12-16)26-10-9-25-17)23-21(24)8-4-15-3-6-18-19(11-15)28-13-27-18/h3,5-7,11-12,14,22H,4,8-10,13H2,1-2H3,(H,23,24). The first kappa shape index (κ1) is 18.5. The molecule has 0 aliphatic carbocycles. The van der Waals surface area contributed by atoms with Crippen molar-refractivity contribution in [1.29, 1.82) is 0 Å². The van der Waals surface area contributed by atoms with Crippen LogP contribution < -0.4 is 24.3 Å². The Morgan fingerprint density at radius 2 is 1.61 bits per heavy atom. The van der Waals surface area contributed by atoms with Crippen LogP contribution in [0.4, 0.5) is 0 Å². The molecule has 0 spiro atoms. The van der Waals surface area contributed by atoms with Gasteiger partial charge in [-0.2, -0.15) is 0 Å². The van der Waals surface area contributed by atoms with E-state index in [4.69, 9.17) is 18.9 Å². The van der Waals surface area contributed by atoms with Crippen LogP contribution in [0.25, 0.3) is 0 Å². The van der Waals surface area contributed by atoms with Gasteiger partial charge >= 0.3 is 0 Å². The monoisotopic (exact) mass is 383 g/mol. The van der Waals surface area contributed by atoms with Crippen molar-refractivity contribution in [2.45, 2.75) is 32.7 Å². The highest BCUT2D eigenvalue weighted by atomic mass is 16.7. The minimum Gasteiger partial charge on any atom is -0.486 e. The molecule has 1 amide bonds. The second kappa shape index (κ2) is 8.00. The fraction of sp³-hybridized carbons (Fsp3) is 0.409. The summed E-state index contributed by atoms with van der Waals surface area (Å²) < 4.78 is 22.0. The highest BCUT2D eigenvalue weighted by molar-refractivity contribution is 5.76. The van der Waals surface area contributed by atoms with Crippen molar-refractivity contribution in [1.82, 2.24) is 5.32 Å². The zero-order valence-corrected chi connectivity index (χ0v) is 16.2. The van der Waals surface area contributed by atoms with Crippen LogP contribution in [0, 0.1) is 5.92 Å². The maximum atomic E-state index is 12.6. The minimum atomic E-state index is -0.0833. The molecule has 0 radical (unpaired) electrons. The summed E-state index contributed by atoms with van der Waals surface area (Å²) in [6, 6.07) is 11.6. The van der Waals surface area contributed by atoms with E-state index in [1.54, 1.807) is 0 Å². The number of ether oxygens (including phenoxy) is 4. The molecule has 0 saturated carbocycles. The van der Waals surface area contributed by atoms with Gasteiger partial charge in [0.15, 0.2) is 23.0 Å². The summed E-state index contributed by atoms with van der Waals surface area (Å²) in [7, 11) is 0. The number of aryl methyl sites for hydroxylation is 1. The smallest absolute Gasteiger partial charge is 0.231 e. The van der Waals surface area contributed by atoms with Gasteiger partial charge in [-0.25, -0.2) is 0 Å². The molecule has 2 aliphatic heterocycles. The quantitative estimate of drug-likeness (QED) is 0.825. The van der Waals surface area contributed by atoms with E-state index < -0.39 is 0 Å². The summed E-state index contributed by atoms with van der Waals surface area (Å²) in [5.74, 6) is 3.26. The van der Waals surface area contributed by atoms with E-state index in [1.165, 1.54) is 0 Å². The number of benzene rings is 2. The molecular formula is C22H25NO5. The van der Waals surface area contributed by atoms with Crippen LogP contribution in [0.2, 0.25) is 0 Å². The van der Waals surface area contributed by atoms with Crippen LogP contribution in [0.1, 0.15) is 37.4 Å². The van der Waals surface area contributed by atoms with Gasteiger partial charge in [0.25, 0.3) is 0 Å². The predicted octanol–water partition coefficient (Wildman–Crippen LogP) is 3.63. The summed E-state index contributed by atoms with van der Waals surface area (Å²) in [5, 5.41) is 3.17. The van der Waals surface area contributed by atoms with Crippen LogP contribution >= 0.6 is 0 Å². The topological polar surface area (TPSA) is 66.0 Å². The lowest BCUT2D eigenvalue weighted by atomic mass is 9.95. The fourth-order valence-electron chi connectivity index (χ4n) is 3.49. The first-order valence-corrected chi connectivity index (χ1v) is 9.67. The van der Waals surface area contributed by atoms with Crippen molar-refractivity contribution in [2.24, 2.45) is 5.92 Å². The van der Waals surface area contributed by atoms with Gasteiger partial charge in [0.2, 0.25) is 12.7 Å². The molecule has 6 nitrogen and oxygen atoms in total. The molecule has 6 heteroatoms. The molecule has 28 heavy (non-hydrogen) atoms. The second-order valence-electron chi connectivity index (χ2n) is 7.38. The van der Waals surface area contributed by atoms with Gasteiger partial charge in [0.1, 0.15) is 13.2 Å². The zero-order chi connectivity index (χ0) is 19.5. The van der Waals surface area contributed by atoms with Gasteiger partial charge in [-0.1, -0.05) is 26.0 Å². The molecule has 4 rings (SSSR count). The van der Waals surface area contributed by atoms with Crippen LogP contribution in [-0.4, -0.2) is 25.9 Å². The Labute approximate surface area is 164 Å². The van der Waals surface area contributed by atoms with Gasteiger partial charge < -0.3 is 24.3 Å². The molecule has 2 aliphatic rings. The first-order valence-electron chi connectivity index (χ1n) is 9.67.